The number of amides is 1. The number of nitrogens with zero attached hydrogens (tertiary/aromatic N) is 2. The van der Waals surface area contributed by atoms with Crippen molar-refractivity contribution in [2.75, 3.05) is 34.4 Å². The Labute approximate surface area is 192 Å². The highest BCUT2D eigenvalue weighted by molar-refractivity contribution is 5.93. The number of hydrogen-bond acceptors (Lipinski definition) is 6. The summed E-state index contributed by atoms with van der Waals surface area (Å²) in [5.41, 5.74) is -0.191. The number of aromatic nitrogens is 1. The average Bonchev–Trinajstić information content (AvgIpc) is 3.63. The van der Waals surface area contributed by atoms with Gasteiger partial charge in [0.15, 0.2) is 5.60 Å². The van der Waals surface area contributed by atoms with Crippen molar-refractivity contribution in [3.8, 4) is 5.75 Å². The minimum atomic E-state index is -0.986. The summed E-state index contributed by atoms with van der Waals surface area (Å²) in [6, 6.07) is 3.74. The molecular weight excluding hydrogens is 408 g/mol. The Morgan fingerprint density at radius 1 is 1.19 bits per heavy atom. The molecule has 0 spiro atoms. The van der Waals surface area contributed by atoms with Gasteiger partial charge in [-0.1, -0.05) is 39.5 Å². The SMILES string of the molecule is CCC(CC)CC[C@@H]1N(COC)C(=O)[C@]1(Cc1cc(OCCC2CC2)ccn1)OCOC. The first-order valence-corrected chi connectivity index (χ1v) is 12.1. The molecule has 0 N–H and O–H groups in total. The molecule has 1 aliphatic carbocycles. The topological polar surface area (TPSA) is 70.1 Å². The minimum absolute atomic E-state index is 0.0611. The van der Waals surface area contributed by atoms with E-state index in [9.17, 15) is 4.79 Å². The summed E-state index contributed by atoms with van der Waals surface area (Å²) < 4.78 is 22.6. The van der Waals surface area contributed by atoms with Gasteiger partial charge in [0.25, 0.3) is 5.91 Å². The number of carbonyl (C=O) groups is 1. The van der Waals surface area contributed by atoms with E-state index in [1.54, 1.807) is 25.3 Å². The monoisotopic (exact) mass is 448 g/mol. The Balaban J connectivity index is 1.75. The zero-order chi connectivity index (χ0) is 23.0. The predicted octanol–water partition coefficient (Wildman–Crippen LogP) is 4.19. The van der Waals surface area contributed by atoms with E-state index < -0.39 is 5.60 Å². The summed E-state index contributed by atoms with van der Waals surface area (Å²) >= 11 is 0. The fraction of sp³-hybridized carbons (Fsp3) is 0.760. The van der Waals surface area contributed by atoms with Gasteiger partial charge in [0, 0.05) is 38.6 Å². The Kier molecular flexibility index (Phi) is 9.32. The van der Waals surface area contributed by atoms with Gasteiger partial charge in [0.2, 0.25) is 0 Å². The number of hydrogen-bond donors (Lipinski definition) is 0. The van der Waals surface area contributed by atoms with E-state index in [0.717, 1.165) is 56.1 Å². The second-order valence-electron chi connectivity index (χ2n) is 9.15. The molecule has 2 heterocycles. The molecular formula is C25H40N2O5. The van der Waals surface area contributed by atoms with Crippen molar-refractivity contribution < 1.29 is 23.7 Å². The number of ether oxygens (including phenoxy) is 4. The molecule has 0 aromatic carbocycles. The fourth-order valence-corrected chi connectivity index (χ4v) is 4.71. The van der Waals surface area contributed by atoms with E-state index in [-0.39, 0.29) is 25.5 Å². The first-order chi connectivity index (χ1) is 15.6. The number of methoxy groups -OCH3 is 2. The van der Waals surface area contributed by atoms with Crippen LogP contribution in [0.4, 0.5) is 0 Å². The van der Waals surface area contributed by atoms with Gasteiger partial charge in [-0.25, -0.2) is 0 Å². The summed E-state index contributed by atoms with van der Waals surface area (Å²) in [6.07, 6.45) is 10.1. The third-order valence-corrected chi connectivity index (χ3v) is 6.97. The van der Waals surface area contributed by atoms with Crippen LogP contribution in [0.25, 0.3) is 0 Å². The van der Waals surface area contributed by atoms with Gasteiger partial charge in [0.05, 0.1) is 12.6 Å². The lowest BCUT2D eigenvalue weighted by Crippen LogP contribution is -2.76. The summed E-state index contributed by atoms with van der Waals surface area (Å²) in [5, 5.41) is 0. The molecule has 0 bridgehead atoms. The van der Waals surface area contributed by atoms with E-state index in [1.807, 2.05) is 12.1 Å². The highest BCUT2D eigenvalue weighted by atomic mass is 16.7. The van der Waals surface area contributed by atoms with Crippen LogP contribution in [0.15, 0.2) is 18.3 Å². The quantitative estimate of drug-likeness (QED) is 0.279. The number of β-lactam (4-membered cyclic amide) rings is 1. The van der Waals surface area contributed by atoms with Gasteiger partial charge < -0.3 is 23.8 Å². The molecule has 3 rings (SSSR count). The van der Waals surface area contributed by atoms with Gasteiger partial charge in [-0.2, -0.15) is 0 Å². The second-order valence-corrected chi connectivity index (χ2v) is 9.15. The van der Waals surface area contributed by atoms with Crippen LogP contribution in [0.5, 0.6) is 5.75 Å². The lowest BCUT2D eigenvalue weighted by Gasteiger charge is -2.55. The third-order valence-electron chi connectivity index (χ3n) is 6.97. The highest BCUT2D eigenvalue weighted by Crippen LogP contribution is 2.41. The van der Waals surface area contributed by atoms with Crippen LogP contribution >= 0.6 is 0 Å². The molecule has 7 nitrogen and oxygen atoms in total. The normalized spacial score (nSPS) is 23.0. The van der Waals surface area contributed by atoms with Crippen molar-refractivity contribution in [1.82, 2.24) is 9.88 Å². The van der Waals surface area contributed by atoms with Crippen molar-refractivity contribution in [3.05, 3.63) is 24.0 Å². The molecule has 180 valence electrons. The summed E-state index contributed by atoms with van der Waals surface area (Å²) in [6.45, 7) is 5.49. The maximum absolute atomic E-state index is 13.3. The standard InChI is InChI=1S/C25H40N2O5/c1-5-19(6-2)9-10-23-25(32-18-30-4,24(28)27(23)17-29-3)16-21-15-22(11-13-26-21)31-14-12-20-7-8-20/h11,13,15,19-20,23H,5-10,12,14,16-18H2,1-4H3/t23-,25+/m0/s1. The number of likely N-dealkylation sites (tertiary alicyclic amines) is 1. The molecule has 0 radical (unpaired) electrons. The van der Waals surface area contributed by atoms with E-state index in [1.165, 1.54) is 12.8 Å². The lowest BCUT2D eigenvalue weighted by atomic mass is 9.75. The minimum Gasteiger partial charge on any atom is -0.493 e. The van der Waals surface area contributed by atoms with Crippen LogP contribution in [-0.2, 0) is 25.4 Å². The first-order valence-electron chi connectivity index (χ1n) is 12.1. The zero-order valence-electron chi connectivity index (χ0n) is 20.2. The summed E-state index contributed by atoms with van der Waals surface area (Å²) in [5.74, 6) is 2.20. The molecule has 2 fully saturated rings. The van der Waals surface area contributed by atoms with Crippen LogP contribution < -0.4 is 4.74 Å². The molecule has 0 unspecified atom stereocenters. The molecule has 32 heavy (non-hydrogen) atoms. The molecule has 1 amide bonds. The Bertz CT molecular complexity index is 722. The average molecular weight is 449 g/mol. The molecule has 2 aliphatic rings. The van der Waals surface area contributed by atoms with Crippen LogP contribution in [-0.4, -0.2) is 61.8 Å². The predicted molar refractivity (Wildman–Crippen MR) is 122 cm³/mol. The highest BCUT2D eigenvalue weighted by Gasteiger charge is 2.61. The van der Waals surface area contributed by atoms with Gasteiger partial charge in [-0.05, 0) is 37.2 Å². The molecule has 1 saturated carbocycles. The fourth-order valence-electron chi connectivity index (χ4n) is 4.71. The molecule has 2 atom stereocenters. The van der Waals surface area contributed by atoms with Gasteiger partial charge in [-0.3, -0.25) is 9.78 Å². The Morgan fingerprint density at radius 3 is 2.62 bits per heavy atom. The first kappa shape index (κ1) is 24.9. The smallest absolute Gasteiger partial charge is 0.259 e. The molecule has 1 aromatic rings. The number of carbonyl (C=O) groups excluding carboxylic acids is 1. The van der Waals surface area contributed by atoms with E-state index >= 15 is 0 Å². The molecule has 7 heteroatoms. The largest absolute Gasteiger partial charge is 0.493 e. The Hall–Kier alpha value is -1.70. The second kappa shape index (κ2) is 12.0. The number of rotatable bonds is 16. The van der Waals surface area contributed by atoms with Crippen molar-refractivity contribution in [1.29, 1.82) is 0 Å². The van der Waals surface area contributed by atoms with Crippen molar-refractivity contribution in [2.45, 2.75) is 76.9 Å². The Morgan fingerprint density at radius 2 is 1.97 bits per heavy atom. The third kappa shape index (κ3) is 6.00. The van der Waals surface area contributed by atoms with E-state index in [2.05, 4.69) is 18.8 Å². The van der Waals surface area contributed by atoms with E-state index in [4.69, 9.17) is 18.9 Å². The summed E-state index contributed by atoms with van der Waals surface area (Å²) in [4.78, 5) is 19.6. The van der Waals surface area contributed by atoms with Gasteiger partial charge in [0.1, 0.15) is 19.3 Å². The maximum atomic E-state index is 13.3. The van der Waals surface area contributed by atoms with Crippen LogP contribution in [0, 0.1) is 11.8 Å². The van der Waals surface area contributed by atoms with Gasteiger partial charge >= 0.3 is 0 Å². The van der Waals surface area contributed by atoms with Crippen LogP contribution in [0.1, 0.15) is 64.5 Å². The molecule has 1 aliphatic heterocycles. The molecule has 1 saturated heterocycles. The van der Waals surface area contributed by atoms with Crippen LogP contribution in [0.3, 0.4) is 0 Å². The van der Waals surface area contributed by atoms with Crippen molar-refractivity contribution in [2.24, 2.45) is 11.8 Å². The van der Waals surface area contributed by atoms with Crippen molar-refractivity contribution >= 4 is 5.91 Å². The maximum Gasteiger partial charge on any atom is 0.259 e. The van der Waals surface area contributed by atoms with Crippen molar-refractivity contribution in [3.63, 3.8) is 0 Å². The molecule has 1 aromatic heterocycles. The van der Waals surface area contributed by atoms with Gasteiger partial charge in [-0.15, -0.1) is 0 Å². The lowest BCUT2D eigenvalue weighted by molar-refractivity contribution is -0.234. The zero-order valence-corrected chi connectivity index (χ0v) is 20.2. The van der Waals surface area contributed by atoms with Crippen LogP contribution in [0.2, 0.25) is 0 Å². The number of pyridine rings is 1. The summed E-state index contributed by atoms with van der Waals surface area (Å²) in [7, 11) is 3.20. The van der Waals surface area contributed by atoms with E-state index in [0.29, 0.717) is 12.3 Å².